The zero-order valence-corrected chi connectivity index (χ0v) is 22.9. The number of benzene rings is 3. The van der Waals surface area contributed by atoms with Gasteiger partial charge < -0.3 is 9.30 Å². The van der Waals surface area contributed by atoms with Gasteiger partial charge in [0, 0.05) is 32.1 Å². The Bertz CT molecular complexity index is 1690. The highest BCUT2D eigenvalue weighted by Crippen LogP contribution is 2.23. The first kappa shape index (κ1) is 25.0. The molecule has 0 saturated carbocycles. The lowest BCUT2D eigenvalue weighted by atomic mass is 10.2. The van der Waals surface area contributed by atoms with Crippen LogP contribution in [0.15, 0.2) is 87.2 Å². The van der Waals surface area contributed by atoms with Crippen LogP contribution in [-0.4, -0.2) is 20.4 Å². The number of aryl methyl sites for hydroxylation is 2. The minimum atomic E-state index is -0.206. The van der Waals surface area contributed by atoms with E-state index >= 15 is 0 Å². The van der Waals surface area contributed by atoms with Crippen molar-refractivity contribution in [1.29, 1.82) is 0 Å². The number of ether oxygens (including phenoxy) is 1. The maximum Gasteiger partial charge on any atom is 0.282 e. The average molecular weight is 576 g/mol. The second-order valence-electron chi connectivity index (χ2n) is 8.75. The molecule has 0 radical (unpaired) electrons. The largest absolute Gasteiger partial charge is 0.489 e. The molecule has 0 aliphatic rings. The summed E-state index contributed by atoms with van der Waals surface area (Å²) in [5, 5.41) is 5.72. The fraction of sp³-hybridized carbons (Fsp3) is 0.138. The van der Waals surface area contributed by atoms with Crippen LogP contribution < -0.4 is 10.3 Å². The lowest BCUT2D eigenvalue weighted by Gasteiger charge is -2.11. The molecule has 0 atom stereocenters. The third-order valence-corrected chi connectivity index (χ3v) is 6.91. The second kappa shape index (κ2) is 10.4. The van der Waals surface area contributed by atoms with Gasteiger partial charge in [0.1, 0.15) is 18.2 Å². The Balaban J connectivity index is 1.38. The first-order valence-corrected chi connectivity index (χ1v) is 12.9. The van der Waals surface area contributed by atoms with Crippen LogP contribution in [0.2, 0.25) is 5.02 Å². The number of aromatic nitrogens is 3. The number of fused-ring (bicyclic) bond motifs is 1. The van der Waals surface area contributed by atoms with Crippen molar-refractivity contribution < 1.29 is 4.74 Å². The molecule has 0 spiro atoms. The number of nitrogens with zero attached hydrogens (tertiary/aromatic N) is 4. The first-order valence-electron chi connectivity index (χ1n) is 11.7. The lowest BCUT2D eigenvalue weighted by Crippen LogP contribution is -2.20. The van der Waals surface area contributed by atoms with Crippen molar-refractivity contribution in [1.82, 2.24) is 14.2 Å². The van der Waals surface area contributed by atoms with Gasteiger partial charge in [-0.3, -0.25) is 4.79 Å². The minimum Gasteiger partial charge on any atom is -0.489 e. The molecule has 0 unspecified atom stereocenters. The van der Waals surface area contributed by atoms with E-state index in [0.29, 0.717) is 28.4 Å². The molecule has 5 rings (SSSR count). The van der Waals surface area contributed by atoms with Crippen molar-refractivity contribution in [2.45, 2.75) is 27.4 Å². The summed E-state index contributed by atoms with van der Waals surface area (Å²) in [6.45, 7) is 6.32. The van der Waals surface area contributed by atoms with Crippen molar-refractivity contribution >= 4 is 44.6 Å². The topological polar surface area (TPSA) is 61.4 Å². The Morgan fingerprint density at radius 2 is 1.73 bits per heavy atom. The molecule has 8 heteroatoms. The summed E-state index contributed by atoms with van der Waals surface area (Å²) in [7, 11) is 0. The third kappa shape index (κ3) is 5.24. The summed E-state index contributed by atoms with van der Waals surface area (Å²) < 4.78 is 10.2. The molecule has 0 bridgehead atoms. The summed E-state index contributed by atoms with van der Waals surface area (Å²) in [6.07, 6.45) is 1.71. The normalized spacial score (nSPS) is 11.5. The zero-order chi connectivity index (χ0) is 26.1. The molecule has 6 nitrogen and oxygen atoms in total. The molecule has 0 aliphatic carbocycles. The van der Waals surface area contributed by atoms with E-state index in [1.54, 1.807) is 19.2 Å². The molecular weight excluding hydrogens is 552 g/mol. The summed E-state index contributed by atoms with van der Waals surface area (Å²) in [6, 6.07) is 23.1. The highest BCUT2D eigenvalue weighted by Gasteiger charge is 2.12. The van der Waals surface area contributed by atoms with Crippen molar-refractivity contribution in [3.63, 3.8) is 0 Å². The van der Waals surface area contributed by atoms with Gasteiger partial charge >= 0.3 is 0 Å². The molecular formula is C29H24BrClN4O2. The van der Waals surface area contributed by atoms with Gasteiger partial charge in [-0.2, -0.15) is 9.78 Å². The Kier molecular flexibility index (Phi) is 7.00. The molecule has 5 aromatic rings. The molecule has 2 aromatic heterocycles. The van der Waals surface area contributed by atoms with Gasteiger partial charge in [-0.15, -0.1) is 0 Å². The maximum absolute atomic E-state index is 13.1. The van der Waals surface area contributed by atoms with E-state index in [1.807, 2.05) is 74.5 Å². The molecule has 186 valence electrons. The highest BCUT2D eigenvalue weighted by atomic mass is 79.9. The average Bonchev–Trinajstić information content (AvgIpc) is 3.17. The minimum absolute atomic E-state index is 0.206. The van der Waals surface area contributed by atoms with Gasteiger partial charge in [0.25, 0.3) is 5.56 Å². The molecule has 0 aliphatic heterocycles. The van der Waals surface area contributed by atoms with Gasteiger partial charge in [0.05, 0.1) is 17.1 Å². The van der Waals surface area contributed by atoms with Crippen LogP contribution in [0.25, 0.3) is 16.6 Å². The number of rotatable bonds is 6. The number of hydrogen-bond acceptors (Lipinski definition) is 4. The van der Waals surface area contributed by atoms with Crippen LogP contribution in [0.3, 0.4) is 0 Å². The third-order valence-electron chi connectivity index (χ3n) is 6.17. The quantitative estimate of drug-likeness (QED) is 0.205. The van der Waals surface area contributed by atoms with Crippen LogP contribution in [0.1, 0.15) is 28.3 Å². The molecule has 2 heterocycles. The summed E-state index contributed by atoms with van der Waals surface area (Å²) in [4.78, 5) is 17.6. The van der Waals surface area contributed by atoms with E-state index in [1.165, 1.54) is 4.68 Å². The van der Waals surface area contributed by atoms with Gasteiger partial charge in [0.2, 0.25) is 0 Å². The van der Waals surface area contributed by atoms with Crippen LogP contribution in [0, 0.1) is 20.8 Å². The number of hydrogen-bond donors (Lipinski definition) is 0. The second-order valence-corrected chi connectivity index (χ2v) is 10.1. The standard InChI is InChI=1S/C29H24BrClN4O2/c1-18-14-22(16-32-35-20(3)33-28-13-6-23(30)15-27(28)29(35)36)19(2)34(18)25-9-11-26(12-10-25)37-17-21-4-7-24(31)8-5-21/h4-16H,17H2,1-3H3. The van der Waals surface area contributed by atoms with Crippen molar-refractivity contribution in [3.8, 4) is 11.4 Å². The molecule has 0 saturated heterocycles. The van der Waals surface area contributed by atoms with Crippen LogP contribution in [0.4, 0.5) is 0 Å². The predicted octanol–water partition coefficient (Wildman–Crippen LogP) is 6.99. The first-order chi connectivity index (χ1) is 17.8. The van der Waals surface area contributed by atoms with E-state index in [9.17, 15) is 4.79 Å². The van der Waals surface area contributed by atoms with Crippen molar-refractivity contribution in [2.24, 2.45) is 5.10 Å². The Labute approximate surface area is 227 Å². The number of halogens is 2. The monoisotopic (exact) mass is 574 g/mol. The van der Waals surface area contributed by atoms with Crippen molar-refractivity contribution in [3.05, 3.63) is 121 Å². The smallest absolute Gasteiger partial charge is 0.282 e. The Morgan fingerprint density at radius 1 is 1.00 bits per heavy atom. The van der Waals surface area contributed by atoms with E-state index in [0.717, 1.165) is 38.4 Å². The van der Waals surface area contributed by atoms with E-state index < -0.39 is 0 Å². The maximum atomic E-state index is 13.1. The fourth-order valence-electron chi connectivity index (χ4n) is 4.27. The van der Waals surface area contributed by atoms with E-state index in [2.05, 4.69) is 36.6 Å². The summed E-state index contributed by atoms with van der Waals surface area (Å²) >= 11 is 9.38. The van der Waals surface area contributed by atoms with Gasteiger partial charge in [-0.1, -0.05) is 39.7 Å². The van der Waals surface area contributed by atoms with Crippen LogP contribution >= 0.6 is 27.5 Å². The van der Waals surface area contributed by atoms with Crippen molar-refractivity contribution in [2.75, 3.05) is 0 Å². The van der Waals surface area contributed by atoms with Gasteiger partial charge in [0.15, 0.2) is 0 Å². The highest BCUT2D eigenvalue weighted by molar-refractivity contribution is 9.10. The molecule has 0 amide bonds. The Morgan fingerprint density at radius 3 is 2.46 bits per heavy atom. The Hall–Kier alpha value is -3.68. The molecule has 0 N–H and O–H groups in total. The molecule has 37 heavy (non-hydrogen) atoms. The van der Waals surface area contributed by atoms with E-state index in [-0.39, 0.29) is 5.56 Å². The lowest BCUT2D eigenvalue weighted by molar-refractivity contribution is 0.306. The fourth-order valence-corrected chi connectivity index (χ4v) is 4.76. The molecule has 3 aromatic carbocycles. The van der Waals surface area contributed by atoms with Crippen LogP contribution in [-0.2, 0) is 6.61 Å². The van der Waals surface area contributed by atoms with E-state index in [4.69, 9.17) is 16.3 Å². The predicted molar refractivity (Wildman–Crippen MR) is 152 cm³/mol. The van der Waals surface area contributed by atoms with Gasteiger partial charge in [-0.05, 0) is 87.0 Å². The van der Waals surface area contributed by atoms with Gasteiger partial charge in [-0.25, -0.2) is 4.98 Å². The zero-order valence-electron chi connectivity index (χ0n) is 20.6. The summed E-state index contributed by atoms with van der Waals surface area (Å²) in [5.74, 6) is 1.31. The SMILES string of the molecule is Cc1cc(C=Nn2c(C)nc3ccc(Br)cc3c2=O)c(C)n1-c1ccc(OCc2ccc(Cl)cc2)cc1. The van der Waals surface area contributed by atoms with Crippen LogP contribution in [0.5, 0.6) is 5.75 Å². The molecule has 0 fully saturated rings. The summed E-state index contributed by atoms with van der Waals surface area (Å²) in [5.41, 5.74) is 5.49.